The van der Waals surface area contributed by atoms with Crippen LogP contribution in [-0.4, -0.2) is 33.0 Å². The SMILES string of the molecule is CCCNCC(CCS(=O)(=O)CC)Cc1ccccc1F. The van der Waals surface area contributed by atoms with Crippen molar-refractivity contribution in [3.63, 3.8) is 0 Å². The molecule has 3 nitrogen and oxygen atoms in total. The quantitative estimate of drug-likeness (QED) is 0.675. The second kappa shape index (κ2) is 9.15. The van der Waals surface area contributed by atoms with Gasteiger partial charge in [-0.25, -0.2) is 12.8 Å². The highest BCUT2D eigenvalue weighted by atomic mass is 32.2. The van der Waals surface area contributed by atoms with Gasteiger partial charge in [-0.05, 0) is 49.9 Å². The van der Waals surface area contributed by atoms with Crippen molar-refractivity contribution in [3.8, 4) is 0 Å². The summed E-state index contributed by atoms with van der Waals surface area (Å²) in [6, 6.07) is 6.72. The monoisotopic (exact) mass is 315 g/mol. The Bertz CT molecular complexity index is 517. The minimum atomic E-state index is -2.97. The first-order chi connectivity index (χ1) is 9.98. The lowest BCUT2D eigenvalue weighted by atomic mass is 9.96. The molecule has 0 aromatic heterocycles. The summed E-state index contributed by atoms with van der Waals surface area (Å²) in [7, 11) is -2.97. The Morgan fingerprint density at radius 3 is 2.57 bits per heavy atom. The molecular weight excluding hydrogens is 289 g/mol. The largest absolute Gasteiger partial charge is 0.316 e. The van der Waals surface area contributed by atoms with E-state index in [4.69, 9.17) is 0 Å². The zero-order valence-corrected chi connectivity index (χ0v) is 13.8. The van der Waals surface area contributed by atoms with Crippen molar-refractivity contribution in [1.82, 2.24) is 5.32 Å². The fourth-order valence-corrected chi connectivity index (χ4v) is 3.21. The van der Waals surface area contributed by atoms with Crippen LogP contribution in [-0.2, 0) is 16.3 Å². The summed E-state index contributed by atoms with van der Waals surface area (Å²) in [5.74, 6) is 0.268. The van der Waals surface area contributed by atoms with Gasteiger partial charge in [-0.1, -0.05) is 32.0 Å². The lowest BCUT2D eigenvalue weighted by Gasteiger charge is -2.18. The third-order valence-electron chi connectivity index (χ3n) is 3.60. The van der Waals surface area contributed by atoms with E-state index in [0.29, 0.717) is 18.4 Å². The van der Waals surface area contributed by atoms with Gasteiger partial charge in [0.2, 0.25) is 0 Å². The van der Waals surface area contributed by atoms with E-state index in [-0.39, 0.29) is 23.2 Å². The first-order valence-electron chi connectivity index (χ1n) is 7.63. The molecule has 5 heteroatoms. The fourth-order valence-electron chi connectivity index (χ4n) is 2.22. The van der Waals surface area contributed by atoms with Gasteiger partial charge in [0, 0.05) is 5.75 Å². The zero-order valence-electron chi connectivity index (χ0n) is 12.9. The molecule has 0 bridgehead atoms. The van der Waals surface area contributed by atoms with Gasteiger partial charge in [-0.2, -0.15) is 0 Å². The molecule has 0 saturated heterocycles. The normalized spacial score (nSPS) is 13.3. The maximum absolute atomic E-state index is 13.7. The van der Waals surface area contributed by atoms with Crippen LogP contribution in [0.4, 0.5) is 4.39 Å². The summed E-state index contributed by atoms with van der Waals surface area (Å²) < 4.78 is 37.1. The van der Waals surface area contributed by atoms with Gasteiger partial charge in [-0.3, -0.25) is 0 Å². The van der Waals surface area contributed by atoms with Crippen LogP contribution in [0, 0.1) is 11.7 Å². The van der Waals surface area contributed by atoms with Crippen LogP contribution < -0.4 is 5.32 Å². The first kappa shape index (κ1) is 18.1. The van der Waals surface area contributed by atoms with Crippen molar-refractivity contribution in [2.45, 2.75) is 33.1 Å². The van der Waals surface area contributed by atoms with Crippen molar-refractivity contribution >= 4 is 9.84 Å². The van der Waals surface area contributed by atoms with Crippen LogP contribution in [0.15, 0.2) is 24.3 Å². The number of benzene rings is 1. The highest BCUT2D eigenvalue weighted by Crippen LogP contribution is 2.16. The van der Waals surface area contributed by atoms with E-state index >= 15 is 0 Å². The third-order valence-corrected chi connectivity index (χ3v) is 5.34. The van der Waals surface area contributed by atoms with Crippen molar-refractivity contribution in [3.05, 3.63) is 35.6 Å². The predicted octanol–water partition coefficient (Wildman–Crippen LogP) is 2.81. The molecule has 1 rings (SSSR count). The molecule has 1 N–H and O–H groups in total. The summed E-state index contributed by atoms with van der Waals surface area (Å²) in [6.45, 7) is 5.37. The van der Waals surface area contributed by atoms with E-state index in [1.54, 1.807) is 19.1 Å². The highest BCUT2D eigenvalue weighted by Gasteiger charge is 2.16. The smallest absolute Gasteiger partial charge is 0.150 e. The standard InChI is InChI=1S/C16H26FNO2S/c1-3-10-18-13-14(9-11-21(19,20)4-2)12-15-7-5-6-8-16(15)17/h5-8,14,18H,3-4,9-13H2,1-2H3. The molecule has 0 radical (unpaired) electrons. The number of hydrogen-bond donors (Lipinski definition) is 1. The Morgan fingerprint density at radius 2 is 1.95 bits per heavy atom. The molecule has 1 unspecified atom stereocenters. The van der Waals surface area contributed by atoms with Gasteiger partial charge in [-0.15, -0.1) is 0 Å². The second-order valence-electron chi connectivity index (χ2n) is 5.39. The number of halogens is 1. The molecule has 21 heavy (non-hydrogen) atoms. The summed E-state index contributed by atoms with van der Waals surface area (Å²) in [6.07, 6.45) is 2.17. The summed E-state index contributed by atoms with van der Waals surface area (Å²) in [4.78, 5) is 0. The molecule has 0 aliphatic carbocycles. The van der Waals surface area contributed by atoms with Gasteiger partial charge in [0.25, 0.3) is 0 Å². The first-order valence-corrected chi connectivity index (χ1v) is 9.45. The molecule has 120 valence electrons. The average molecular weight is 315 g/mol. The van der Waals surface area contributed by atoms with Gasteiger partial charge < -0.3 is 5.32 Å². The minimum absolute atomic E-state index is 0.134. The van der Waals surface area contributed by atoms with Crippen LogP contribution >= 0.6 is 0 Å². The molecule has 0 saturated carbocycles. The molecule has 0 aliphatic rings. The van der Waals surface area contributed by atoms with E-state index in [2.05, 4.69) is 12.2 Å². The number of hydrogen-bond acceptors (Lipinski definition) is 3. The predicted molar refractivity (Wildman–Crippen MR) is 85.7 cm³/mol. The van der Waals surface area contributed by atoms with Gasteiger partial charge in [0.1, 0.15) is 15.7 Å². The minimum Gasteiger partial charge on any atom is -0.316 e. The molecule has 0 fully saturated rings. The third kappa shape index (κ3) is 7.05. The highest BCUT2D eigenvalue weighted by molar-refractivity contribution is 7.91. The molecule has 0 spiro atoms. The molecule has 1 aromatic carbocycles. The van der Waals surface area contributed by atoms with Crippen molar-refractivity contribution < 1.29 is 12.8 Å². The number of nitrogens with one attached hydrogen (secondary N) is 1. The Hall–Kier alpha value is -0.940. The second-order valence-corrected chi connectivity index (χ2v) is 7.86. The molecule has 0 aliphatic heterocycles. The van der Waals surface area contributed by atoms with E-state index in [1.165, 1.54) is 6.07 Å². The van der Waals surface area contributed by atoms with E-state index in [0.717, 1.165) is 19.5 Å². The van der Waals surface area contributed by atoms with Crippen LogP contribution in [0.2, 0.25) is 0 Å². The summed E-state index contributed by atoms with van der Waals surface area (Å²) >= 11 is 0. The van der Waals surface area contributed by atoms with Crippen LogP contribution in [0.1, 0.15) is 32.3 Å². The van der Waals surface area contributed by atoms with Crippen molar-refractivity contribution in [2.75, 3.05) is 24.6 Å². The molecule has 0 heterocycles. The van der Waals surface area contributed by atoms with Crippen molar-refractivity contribution in [2.24, 2.45) is 5.92 Å². The van der Waals surface area contributed by atoms with Gasteiger partial charge in [0.05, 0.1) is 5.75 Å². The summed E-state index contributed by atoms with van der Waals surface area (Å²) in [5.41, 5.74) is 0.662. The van der Waals surface area contributed by atoms with E-state index in [1.807, 2.05) is 6.07 Å². The van der Waals surface area contributed by atoms with Crippen molar-refractivity contribution in [1.29, 1.82) is 0 Å². The van der Waals surface area contributed by atoms with E-state index < -0.39 is 9.84 Å². The van der Waals surface area contributed by atoms with Gasteiger partial charge in [0.15, 0.2) is 0 Å². The Kier molecular flexibility index (Phi) is 7.89. The lowest BCUT2D eigenvalue weighted by molar-refractivity contribution is 0.450. The molecule has 1 aromatic rings. The number of rotatable bonds is 10. The topological polar surface area (TPSA) is 46.2 Å². The number of sulfone groups is 1. The molecular formula is C16H26FNO2S. The van der Waals surface area contributed by atoms with Crippen LogP contribution in [0.5, 0.6) is 0 Å². The maximum Gasteiger partial charge on any atom is 0.150 e. The Labute approximate surface area is 127 Å². The fraction of sp³-hybridized carbons (Fsp3) is 0.625. The zero-order chi connectivity index (χ0) is 15.7. The summed E-state index contributed by atoms with van der Waals surface area (Å²) in [5, 5.41) is 3.31. The van der Waals surface area contributed by atoms with Crippen LogP contribution in [0.3, 0.4) is 0 Å². The molecule has 0 amide bonds. The van der Waals surface area contributed by atoms with E-state index in [9.17, 15) is 12.8 Å². The average Bonchev–Trinajstić information content (AvgIpc) is 2.47. The Morgan fingerprint density at radius 1 is 1.24 bits per heavy atom. The molecule has 1 atom stereocenters. The van der Waals surface area contributed by atoms with Gasteiger partial charge >= 0.3 is 0 Å². The Balaban J connectivity index is 2.65. The van der Waals surface area contributed by atoms with Crippen LogP contribution in [0.25, 0.3) is 0 Å². The lowest BCUT2D eigenvalue weighted by Crippen LogP contribution is -2.27. The maximum atomic E-state index is 13.7.